The molecule has 1 aromatic carbocycles. The third-order valence-corrected chi connectivity index (χ3v) is 1.73. The van der Waals surface area contributed by atoms with Crippen molar-refractivity contribution in [2.45, 2.75) is 0 Å². The minimum Gasteiger partial charge on any atom is -0.244 e. The van der Waals surface area contributed by atoms with E-state index in [0.717, 1.165) is 0 Å². The molecule has 0 aliphatic carbocycles. The highest BCUT2D eigenvalue weighted by Gasteiger charge is 2.04. The van der Waals surface area contributed by atoms with E-state index < -0.39 is 11.5 Å². The van der Waals surface area contributed by atoms with E-state index in [1.165, 1.54) is 12.3 Å². The van der Waals surface area contributed by atoms with Gasteiger partial charge in [0.1, 0.15) is 11.5 Å². The molecule has 2 aromatic rings. The van der Waals surface area contributed by atoms with Crippen LogP contribution in [0.5, 0.6) is 0 Å². The van der Waals surface area contributed by atoms with Crippen molar-refractivity contribution < 1.29 is 4.39 Å². The van der Waals surface area contributed by atoms with Gasteiger partial charge in [0.05, 0.1) is 6.20 Å². The summed E-state index contributed by atoms with van der Waals surface area (Å²) in [6, 6.07) is 6.16. The zero-order valence-corrected chi connectivity index (χ0v) is 7.07. The molecule has 70 valence electrons. The second-order valence-corrected chi connectivity index (χ2v) is 2.65. The minimum absolute atomic E-state index is 0.308. The van der Waals surface area contributed by atoms with Crippen LogP contribution in [0.3, 0.4) is 0 Å². The Kier molecular flexibility index (Phi) is 2.06. The molecule has 2 rings (SSSR count). The van der Waals surface area contributed by atoms with Crippen molar-refractivity contribution in [1.82, 2.24) is 15.2 Å². The molecule has 0 fully saturated rings. The summed E-state index contributed by atoms with van der Waals surface area (Å²) in [5.41, 5.74) is 0.0732. The Morgan fingerprint density at radius 3 is 2.71 bits per heavy atom. The topological polar surface area (TPSA) is 58.6 Å². The van der Waals surface area contributed by atoms with Crippen molar-refractivity contribution in [3.8, 4) is 11.3 Å². The molecule has 0 aliphatic heterocycles. The van der Waals surface area contributed by atoms with E-state index in [4.69, 9.17) is 0 Å². The van der Waals surface area contributed by atoms with E-state index in [0.29, 0.717) is 11.3 Å². The number of H-pyrrole nitrogens is 1. The maximum absolute atomic E-state index is 13.2. The van der Waals surface area contributed by atoms with Gasteiger partial charge in [-0.15, -0.1) is 0 Å². The summed E-state index contributed by atoms with van der Waals surface area (Å²) in [6.45, 7) is 0. The summed E-state index contributed by atoms with van der Waals surface area (Å²) in [6.07, 6.45) is 1.23. The van der Waals surface area contributed by atoms with E-state index >= 15 is 0 Å². The first kappa shape index (κ1) is 8.55. The van der Waals surface area contributed by atoms with Gasteiger partial charge in [-0.25, -0.2) is 14.3 Å². The monoisotopic (exact) mass is 191 g/mol. The van der Waals surface area contributed by atoms with E-state index in [2.05, 4.69) is 15.2 Å². The molecule has 1 heterocycles. The molecule has 0 aliphatic rings. The predicted molar refractivity (Wildman–Crippen MR) is 48.0 cm³/mol. The van der Waals surface area contributed by atoms with Crippen LogP contribution in [0, 0.1) is 5.82 Å². The number of benzene rings is 1. The molecule has 4 nitrogen and oxygen atoms in total. The average molecular weight is 191 g/mol. The van der Waals surface area contributed by atoms with Crippen molar-refractivity contribution >= 4 is 0 Å². The third-order valence-electron chi connectivity index (χ3n) is 1.73. The second kappa shape index (κ2) is 3.37. The molecule has 0 radical (unpaired) electrons. The summed E-state index contributed by atoms with van der Waals surface area (Å²) in [5, 5.41) is 5.81. The van der Waals surface area contributed by atoms with Crippen LogP contribution in [-0.2, 0) is 0 Å². The molecule has 5 heteroatoms. The van der Waals surface area contributed by atoms with Gasteiger partial charge in [0.25, 0.3) is 0 Å². The minimum atomic E-state index is -0.551. The Morgan fingerprint density at radius 1 is 1.29 bits per heavy atom. The molecule has 0 atom stereocenters. The van der Waals surface area contributed by atoms with Gasteiger partial charge < -0.3 is 0 Å². The van der Waals surface area contributed by atoms with Gasteiger partial charge in [0, 0.05) is 5.56 Å². The smallest absolute Gasteiger partial charge is 0.244 e. The molecule has 14 heavy (non-hydrogen) atoms. The predicted octanol–water partition coefficient (Wildman–Crippen LogP) is 0.971. The van der Waals surface area contributed by atoms with Gasteiger partial charge in [-0.3, -0.25) is 0 Å². The summed E-state index contributed by atoms with van der Waals surface area (Å²) >= 11 is 0. The normalized spacial score (nSPS) is 10.1. The van der Waals surface area contributed by atoms with Crippen molar-refractivity contribution in [3.63, 3.8) is 0 Å². The Labute approximate surface area is 78.4 Å². The van der Waals surface area contributed by atoms with Crippen LogP contribution in [0.15, 0.2) is 35.3 Å². The SMILES string of the molecule is O=c1ncc(-c2ccccc2F)n[nH]1. The van der Waals surface area contributed by atoms with Gasteiger partial charge in [-0.1, -0.05) is 12.1 Å². The number of rotatable bonds is 1. The van der Waals surface area contributed by atoms with Gasteiger partial charge in [-0.2, -0.15) is 10.1 Å². The van der Waals surface area contributed by atoms with Crippen LogP contribution in [0.2, 0.25) is 0 Å². The fraction of sp³-hybridized carbons (Fsp3) is 0. The summed E-state index contributed by atoms with van der Waals surface area (Å²) < 4.78 is 13.2. The first-order valence-electron chi connectivity index (χ1n) is 3.94. The lowest BCUT2D eigenvalue weighted by atomic mass is 10.1. The molecule has 0 spiro atoms. The quantitative estimate of drug-likeness (QED) is 0.730. The molecule has 0 saturated carbocycles. The lowest BCUT2D eigenvalue weighted by Crippen LogP contribution is -2.11. The maximum Gasteiger partial charge on any atom is 0.361 e. The standard InChI is InChI=1S/C9H6FN3O/c10-7-4-2-1-3-6(7)8-5-11-9(14)13-12-8/h1-5H,(H,11,13,14). The molecular weight excluding hydrogens is 185 g/mol. The Bertz CT molecular complexity index is 489. The van der Waals surface area contributed by atoms with Gasteiger partial charge in [0.2, 0.25) is 0 Å². The van der Waals surface area contributed by atoms with Crippen LogP contribution >= 0.6 is 0 Å². The molecule has 1 N–H and O–H groups in total. The zero-order valence-electron chi connectivity index (χ0n) is 7.07. The highest BCUT2D eigenvalue weighted by molar-refractivity contribution is 5.57. The van der Waals surface area contributed by atoms with Gasteiger partial charge in [-0.05, 0) is 12.1 Å². The largest absolute Gasteiger partial charge is 0.361 e. The third kappa shape index (κ3) is 1.52. The highest BCUT2D eigenvalue weighted by Crippen LogP contribution is 2.17. The first-order valence-corrected chi connectivity index (χ1v) is 3.94. The molecule has 0 unspecified atom stereocenters. The molecule has 1 aromatic heterocycles. The van der Waals surface area contributed by atoms with Crippen LogP contribution in [0.4, 0.5) is 4.39 Å². The summed E-state index contributed by atoms with van der Waals surface area (Å²) in [7, 11) is 0. The maximum atomic E-state index is 13.2. The van der Waals surface area contributed by atoms with Crippen molar-refractivity contribution in [1.29, 1.82) is 0 Å². The number of aromatic amines is 1. The molecule has 0 saturated heterocycles. The first-order chi connectivity index (χ1) is 6.77. The molecule has 0 amide bonds. The second-order valence-electron chi connectivity index (χ2n) is 2.65. The highest BCUT2D eigenvalue weighted by atomic mass is 19.1. The Hall–Kier alpha value is -2.04. The molecular formula is C9H6FN3O. The van der Waals surface area contributed by atoms with Crippen molar-refractivity contribution in [3.05, 3.63) is 46.8 Å². The number of hydrogen-bond acceptors (Lipinski definition) is 3. The fourth-order valence-corrected chi connectivity index (χ4v) is 1.08. The van der Waals surface area contributed by atoms with E-state index in [9.17, 15) is 9.18 Å². The van der Waals surface area contributed by atoms with Crippen LogP contribution in [-0.4, -0.2) is 15.2 Å². The Balaban J connectivity index is 2.55. The number of hydrogen-bond donors (Lipinski definition) is 1. The van der Waals surface area contributed by atoms with Gasteiger partial charge in [0.15, 0.2) is 0 Å². The van der Waals surface area contributed by atoms with Crippen molar-refractivity contribution in [2.75, 3.05) is 0 Å². The van der Waals surface area contributed by atoms with Gasteiger partial charge >= 0.3 is 5.69 Å². The van der Waals surface area contributed by atoms with E-state index in [1.54, 1.807) is 18.2 Å². The summed E-state index contributed by atoms with van der Waals surface area (Å²) in [5.74, 6) is -0.395. The number of aromatic nitrogens is 3. The van der Waals surface area contributed by atoms with Crippen molar-refractivity contribution in [2.24, 2.45) is 0 Å². The van der Waals surface area contributed by atoms with E-state index in [1.807, 2.05) is 0 Å². The lowest BCUT2D eigenvalue weighted by Gasteiger charge is -1.99. The lowest BCUT2D eigenvalue weighted by molar-refractivity contribution is 0.630. The van der Waals surface area contributed by atoms with E-state index in [-0.39, 0.29) is 0 Å². The number of halogens is 1. The van der Waals surface area contributed by atoms with Crippen LogP contribution in [0.1, 0.15) is 0 Å². The molecule has 0 bridgehead atoms. The fourth-order valence-electron chi connectivity index (χ4n) is 1.08. The zero-order chi connectivity index (χ0) is 9.97. The average Bonchev–Trinajstić information content (AvgIpc) is 2.20. The summed E-state index contributed by atoms with van der Waals surface area (Å²) in [4.78, 5) is 14.1. The Morgan fingerprint density at radius 2 is 2.07 bits per heavy atom. The number of nitrogens with one attached hydrogen (secondary N) is 1. The number of nitrogens with zero attached hydrogens (tertiary/aromatic N) is 2. The van der Waals surface area contributed by atoms with Crippen LogP contribution in [0.25, 0.3) is 11.3 Å². The van der Waals surface area contributed by atoms with Crippen LogP contribution < -0.4 is 5.69 Å².